The van der Waals surface area contributed by atoms with Gasteiger partial charge in [0.1, 0.15) is 5.82 Å². The van der Waals surface area contributed by atoms with Gasteiger partial charge in [0.25, 0.3) is 0 Å². The van der Waals surface area contributed by atoms with Crippen LogP contribution < -0.4 is 14.8 Å². The molecule has 3 aromatic rings. The maximum atomic E-state index is 13.8. The highest BCUT2D eigenvalue weighted by Gasteiger charge is 2.13. The second-order valence-electron chi connectivity index (χ2n) is 6.74. The van der Waals surface area contributed by atoms with Gasteiger partial charge in [-0.3, -0.25) is 4.79 Å². The van der Waals surface area contributed by atoms with E-state index in [4.69, 9.17) is 14.0 Å². The van der Waals surface area contributed by atoms with Gasteiger partial charge in [-0.2, -0.15) is 4.98 Å². The zero-order chi connectivity index (χ0) is 22.1. The first-order valence-corrected chi connectivity index (χ1v) is 10.3. The van der Waals surface area contributed by atoms with Crippen LogP contribution in [0.3, 0.4) is 0 Å². The van der Waals surface area contributed by atoms with Crippen molar-refractivity contribution >= 4 is 5.91 Å². The number of aryl methyl sites for hydroxylation is 1. The number of nitrogens with one attached hydrogen (secondary N) is 1. The normalized spacial score (nSPS) is 10.7. The van der Waals surface area contributed by atoms with Crippen LogP contribution in [0.15, 0.2) is 47.0 Å². The Hall–Kier alpha value is -3.42. The van der Waals surface area contributed by atoms with Crippen LogP contribution in [-0.4, -0.2) is 35.8 Å². The number of halogens is 1. The highest BCUT2D eigenvalue weighted by atomic mass is 19.1. The Morgan fingerprint density at radius 3 is 2.61 bits per heavy atom. The molecule has 0 aliphatic carbocycles. The molecule has 2 aromatic carbocycles. The Morgan fingerprint density at radius 1 is 1.06 bits per heavy atom. The first kappa shape index (κ1) is 22.3. The molecule has 0 radical (unpaired) electrons. The largest absolute Gasteiger partial charge is 0.490 e. The zero-order valence-electron chi connectivity index (χ0n) is 17.7. The molecule has 7 nitrogen and oxygen atoms in total. The molecule has 0 fully saturated rings. The second-order valence-corrected chi connectivity index (χ2v) is 6.74. The number of carbonyl (C=O) groups is 1. The number of benzene rings is 2. The van der Waals surface area contributed by atoms with Crippen LogP contribution in [0.2, 0.25) is 0 Å². The van der Waals surface area contributed by atoms with E-state index in [0.29, 0.717) is 43.6 Å². The minimum Gasteiger partial charge on any atom is -0.490 e. The van der Waals surface area contributed by atoms with E-state index in [2.05, 4.69) is 15.5 Å². The first-order chi connectivity index (χ1) is 15.1. The molecule has 0 saturated heterocycles. The Balaban J connectivity index is 1.46. The molecular weight excluding hydrogens is 401 g/mol. The molecule has 0 saturated carbocycles. The molecule has 1 N–H and O–H groups in total. The maximum absolute atomic E-state index is 13.8. The van der Waals surface area contributed by atoms with E-state index >= 15 is 0 Å². The molecule has 0 aliphatic rings. The van der Waals surface area contributed by atoms with Crippen LogP contribution in [0, 0.1) is 5.82 Å². The number of hydrogen-bond acceptors (Lipinski definition) is 6. The molecule has 0 spiro atoms. The Bertz CT molecular complexity index is 1010. The summed E-state index contributed by atoms with van der Waals surface area (Å²) in [4.78, 5) is 16.3. The van der Waals surface area contributed by atoms with E-state index in [1.54, 1.807) is 18.2 Å². The summed E-state index contributed by atoms with van der Waals surface area (Å²) < 4.78 is 30.1. The van der Waals surface area contributed by atoms with E-state index in [-0.39, 0.29) is 30.1 Å². The number of hydrogen-bond donors (Lipinski definition) is 1. The van der Waals surface area contributed by atoms with Crippen molar-refractivity contribution in [2.24, 2.45) is 0 Å². The lowest BCUT2D eigenvalue weighted by molar-refractivity contribution is -0.121. The Kier molecular flexibility index (Phi) is 7.98. The van der Waals surface area contributed by atoms with E-state index < -0.39 is 5.82 Å². The third-order valence-electron chi connectivity index (χ3n) is 4.49. The van der Waals surface area contributed by atoms with Gasteiger partial charge in [-0.15, -0.1) is 0 Å². The molecule has 0 aliphatic heterocycles. The summed E-state index contributed by atoms with van der Waals surface area (Å²) >= 11 is 0. The SMILES string of the molecule is CCOc1ccc(CCNC(=O)CCc2nc(-c3ccccc3F)no2)cc1OCC. The summed E-state index contributed by atoms with van der Waals surface area (Å²) in [6, 6.07) is 12.0. The summed E-state index contributed by atoms with van der Waals surface area (Å²) in [5.74, 6) is 1.34. The maximum Gasteiger partial charge on any atom is 0.227 e. The minimum atomic E-state index is -0.422. The number of ether oxygens (including phenoxy) is 2. The van der Waals surface area contributed by atoms with Gasteiger partial charge in [-0.25, -0.2) is 4.39 Å². The fourth-order valence-corrected chi connectivity index (χ4v) is 3.01. The van der Waals surface area contributed by atoms with E-state index in [9.17, 15) is 9.18 Å². The van der Waals surface area contributed by atoms with Crippen LogP contribution >= 0.6 is 0 Å². The molecule has 0 bridgehead atoms. The van der Waals surface area contributed by atoms with Crippen LogP contribution in [0.1, 0.15) is 31.7 Å². The number of amides is 1. The summed E-state index contributed by atoms with van der Waals surface area (Å²) in [6.07, 6.45) is 1.15. The van der Waals surface area contributed by atoms with Crippen molar-refractivity contribution in [1.82, 2.24) is 15.5 Å². The zero-order valence-corrected chi connectivity index (χ0v) is 17.7. The monoisotopic (exact) mass is 427 g/mol. The summed E-state index contributed by atoms with van der Waals surface area (Å²) in [7, 11) is 0. The lowest BCUT2D eigenvalue weighted by Crippen LogP contribution is -2.25. The molecule has 1 amide bonds. The molecule has 164 valence electrons. The number of nitrogens with zero attached hydrogens (tertiary/aromatic N) is 2. The Labute approximate surface area is 180 Å². The average Bonchev–Trinajstić information content (AvgIpc) is 3.23. The fraction of sp³-hybridized carbons (Fsp3) is 0.348. The molecule has 31 heavy (non-hydrogen) atoms. The minimum absolute atomic E-state index is 0.124. The highest BCUT2D eigenvalue weighted by Crippen LogP contribution is 2.28. The smallest absolute Gasteiger partial charge is 0.227 e. The van der Waals surface area contributed by atoms with Gasteiger partial charge in [0.15, 0.2) is 11.5 Å². The lowest BCUT2D eigenvalue weighted by Gasteiger charge is -2.12. The lowest BCUT2D eigenvalue weighted by atomic mass is 10.1. The van der Waals surface area contributed by atoms with Crippen molar-refractivity contribution in [2.45, 2.75) is 33.1 Å². The van der Waals surface area contributed by atoms with Crippen LogP contribution in [0.5, 0.6) is 11.5 Å². The standard InChI is InChI=1S/C23H26FN3O4/c1-3-29-19-10-9-16(15-20(19)30-4-2)13-14-25-21(28)11-12-22-26-23(27-31-22)17-7-5-6-8-18(17)24/h5-10,15H,3-4,11-14H2,1-2H3,(H,25,28). The number of aromatic nitrogens is 2. The molecule has 1 heterocycles. The van der Waals surface area contributed by atoms with Crippen molar-refractivity contribution in [3.8, 4) is 22.9 Å². The van der Waals surface area contributed by atoms with Gasteiger partial charge < -0.3 is 19.3 Å². The molecular formula is C23H26FN3O4. The molecule has 1 aromatic heterocycles. The fourth-order valence-electron chi connectivity index (χ4n) is 3.01. The van der Waals surface area contributed by atoms with Gasteiger partial charge in [-0.1, -0.05) is 23.4 Å². The predicted molar refractivity (Wildman–Crippen MR) is 114 cm³/mol. The summed E-state index contributed by atoms with van der Waals surface area (Å²) in [6.45, 7) is 5.45. The summed E-state index contributed by atoms with van der Waals surface area (Å²) in [5.41, 5.74) is 1.31. The number of carbonyl (C=O) groups excluding carboxylic acids is 1. The van der Waals surface area contributed by atoms with E-state index in [1.165, 1.54) is 6.07 Å². The van der Waals surface area contributed by atoms with Crippen molar-refractivity contribution in [3.05, 3.63) is 59.7 Å². The summed E-state index contributed by atoms with van der Waals surface area (Å²) in [5, 5.41) is 6.67. The molecule has 3 rings (SSSR count). The van der Waals surface area contributed by atoms with Crippen molar-refractivity contribution in [3.63, 3.8) is 0 Å². The van der Waals surface area contributed by atoms with Gasteiger partial charge in [0.05, 0.1) is 18.8 Å². The number of rotatable bonds is 11. The average molecular weight is 427 g/mol. The van der Waals surface area contributed by atoms with Gasteiger partial charge in [-0.05, 0) is 50.1 Å². The second kappa shape index (κ2) is 11.1. The third kappa shape index (κ3) is 6.28. The van der Waals surface area contributed by atoms with Crippen LogP contribution in [-0.2, 0) is 17.6 Å². The molecule has 8 heteroatoms. The molecule has 0 atom stereocenters. The van der Waals surface area contributed by atoms with Crippen LogP contribution in [0.4, 0.5) is 4.39 Å². The van der Waals surface area contributed by atoms with Gasteiger partial charge in [0.2, 0.25) is 17.6 Å². The van der Waals surface area contributed by atoms with Crippen molar-refractivity contribution in [2.75, 3.05) is 19.8 Å². The highest BCUT2D eigenvalue weighted by molar-refractivity contribution is 5.76. The van der Waals surface area contributed by atoms with Gasteiger partial charge >= 0.3 is 0 Å². The van der Waals surface area contributed by atoms with E-state index in [0.717, 1.165) is 5.56 Å². The van der Waals surface area contributed by atoms with Crippen molar-refractivity contribution < 1.29 is 23.2 Å². The topological polar surface area (TPSA) is 86.5 Å². The third-order valence-corrected chi connectivity index (χ3v) is 4.49. The van der Waals surface area contributed by atoms with Crippen molar-refractivity contribution in [1.29, 1.82) is 0 Å². The van der Waals surface area contributed by atoms with Gasteiger partial charge in [0, 0.05) is 19.4 Å². The Morgan fingerprint density at radius 2 is 1.84 bits per heavy atom. The molecule has 0 unspecified atom stereocenters. The van der Waals surface area contributed by atoms with E-state index in [1.807, 2.05) is 32.0 Å². The first-order valence-electron chi connectivity index (χ1n) is 10.3. The van der Waals surface area contributed by atoms with Crippen LogP contribution in [0.25, 0.3) is 11.4 Å². The quantitative estimate of drug-likeness (QED) is 0.498. The predicted octanol–water partition coefficient (Wildman–Crippen LogP) is 3.96.